The first kappa shape index (κ1) is 35.8. The molecule has 1 aliphatic rings. The predicted octanol–water partition coefficient (Wildman–Crippen LogP) is 2.70. The summed E-state index contributed by atoms with van der Waals surface area (Å²) in [5.41, 5.74) is 6.68. The molecule has 1 unspecified atom stereocenters. The first-order valence-corrected chi connectivity index (χ1v) is 13.3. The Morgan fingerprint density at radius 1 is 1.00 bits per heavy atom. The molecule has 10 nitrogen and oxygen atoms in total. The number of carbonyl (C=O) groups is 4. The lowest BCUT2D eigenvalue weighted by atomic mass is 9.99. The van der Waals surface area contributed by atoms with Crippen molar-refractivity contribution in [2.24, 2.45) is 5.73 Å². The summed E-state index contributed by atoms with van der Waals surface area (Å²) in [5.74, 6) is -1.26. The van der Waals surface area contributed by atoms with Crippen LogP contribution in [0.2, 0.25) is 0 Å². The normalized spacial score (nSPS) is 12.4. The monoisotopic (exact) mass is 547 g/mol. The number of nitrogens with zero attached hydrogens (tertiary/aromatic N) is 1. The van der Waals surface area contributed by atoms with Crippen LogP contribution in [0, 0.1) is 0 Å². The zero-order valence-electron chi connectivity index (χ0n) is 23.6. The van der Waals surface area contributed by atoms with Gasteiger partial charge in [0.1, 0.15) is 6.29 Å². The molecular formula is C29H45N3O7. The van der Waals surface area contributed by atoms with E-state index >= 15 is 0 Å². The molecule has 1 aliphatic heterocycles. The molecule has 0 saturated carbocycles. The summed E-state index contributed by atoms with van der Waals surface area (Å²) in [6.07, 6.45) is 5.16. The second-order valence-corrected chi connectivity index (χ2v) is 7.94. The molecule has 0 spiro atoms. The van der Waals surface area contributed by atoms with Crippen molar-refractivity contribution in [3.05, 3.63) is 60.2 Å². The van der Waals surface area contributed by atoms with Gasteiger partial charge in [-0.2, -0.15) is 0 Å². The Hall–Kier alpha value is -3.18. The second-order valence-electron chi connectivity index (χ2n) is 7.94. The number of hydrogen-bond donors (Lipinski definition) is 2. The van der Waals surface area contributed by atoms with Gasteiger partial charge < -0.3 is 30.1 Å². The lowest BCUT2D eigenvalue weighted by molar-refractivity contribution is -0.121. The molecule has 10 heteroatoms. The van der Waals surface area contributed by atoms with E-state index in [1.165, 1.54) is 7.05 Å². The van der Waals surface area contributed by atoms with Gasteiger partial charge in [0.15, 0.2) is 0 Å². The highest BCUT2D eigenvalue weighted by atomic mass is 16.5. The molecule has 1 aromatic carbocycles. The van der Waals surface area contributed by atoms with Crippen LogP contribution in [0.4, 0.5) is 0 Å². The van der Waals surface area contributed by atoms with Crippen molar-refractivity contribution in [2.75, 3.05) is 53.2 Å². The van der Waals surface area contributed by atoms with E-state index in [1.807, 2.05) is 13.8 Å². The minimum Gasteiger partial charge on any atom is -0.379 e. The molecule has 39 heavy (non-hydrogen) atoms. The molecule has 3 N–H and O–H groups in total. The number of allylic oxidation sites excluding steroid dienone is 2. The molecular weight excluding hydrogens is 502 g/mol. The fraction of sp³-hybridized carbons (Fsp3) is 0.517. The van der Waals surface area contributed by atoms with E-state index in [4.69, 9.17) is 19.9 Å². The van der Waals surface area contributed by atoms with E-state index in [0.717, 1.165) is 10.5 Å². The number of aryl methyl sites for hydroxylation is 1. The van der Waals surface area contributed by atoms with Crippen molar-refractivity contribution in [1.29, 1.82) is 0 Å². The van der Waals surface area contributed by atoms with Crippen molar-refractivity contribution < 1.29 is 33.4 Å². The largest absolute Gasteiger partial charge is 0.379 e. The fourth-order valence-electron chi connectivity index (χ4n) is 3.53. The SMILES string of the molecule is C=CC=C.CC.CNC(=O)CCC(C=O)N1C(=O)c2cccc(CCCOCCOCCOCCN)c2C1=O. The van der Waals surface area contributed by atoms with Crippen LogP contribution < -0.4 is 11.1 Å². The lowest BCUT2D eigenvalue weighted by Gasteiger charge is -2.21. The molecule has 0 bridgehead atoms. The number of imide groups is 1. The molecule has 0 radical (unpaired) electrons. The molecule has 1 atom stereocenters. The summed E-state index contributed by atoms with van der Waals surface area (Å²) >= 11 is 0. The Morgan fingerprint density at radius 3 is 2.13 bits per heavy atom. The van der Waals surface area contributed by atoms with E-state index in [2.05, 4.69) is 18.5 Å². The number of aldehydes is 1. The molecule has 3 amide bonds. The average molecular weight is 548 g/mol. The lowest BCUT2D eigenvalue weighted by Crippen LogP contribution is -2.41. The van der Waals surface area contributed by atoms with Crippen molar-refractivity contribution in [2.45, 2.75) is 45.6 Å². The molecule has 2 rings (SSSR count). The Kier molecular flexibility index (Phi) is 20.9. The van der Waals surface area contributed by atoms with Crippen LogP contribution in [0.15, 0.2) is 43.5 Å². The van der Waals surface area contributed by atoms with E-state index in [0.29, 0.717) is 70.9 Å². The van der Waals surface area contributed by atoms with Crippen LogP contribution in [0.25, 0.3) is 0 Å². The first-order chi connectivity index (χ1) is 19.0. The number of hydrogen-bond acceptors (Lipinski definition) is 8. The van der Waals surface area contributed by atoms with Gasteiger partial charge in [-0.1, -0.05) is 51.3 Å². The number of fused-ring (bicyclic) bond motifs is 1. The Bertz CT molecular complexity index is 899. The average Bonchev–Trinajstić information content (AvgIpc) is 3.23. The van der Waals surface area contributed by atoms with Crippen molar-refractivity contribution in [3.63, 3.8) is 0 Å². The van der Waals surface area contributed by atoms with Crippen LogP contribution in [-0.4, -0.2) is 88.2 Å². The van der Waals surface area contributed by atoms with Gasteiger partial charge in [-0.05, 0) is 30.9 Å². The molecule has 1 aromatic rings. The topological polar surface area (TPSA) is 137 Å². The maximum atomic E-state index is 13.0. The van der Waals surface area contributed by atoms with E-state index in [1.54, 1.807) is 30.4 Å². The van der Waals surface area contributed by atoms with Crippen LogP contribution in [0.3, 0.4) is 0 Å². The summed E-state index contributed by atoms with van der Waals surface area (Å²) in [4.78, 5) is 49.9. The predicted molar refractivity (Wildman–Crippen MR) is 152 cm³/mol. The van der Waals surface area contributed by atoms with Gasteiger partial charge in [0.25, 0.3) is 11.8 Å². The zero-order chi connectivity index (χ0) is 29.5. The highest BCUT2D eigenvalue weighted by Crippen LogP contribution is 2.29. The van der Waals surface area contributed by atoms with Gasteiger partial charge in [-0.3, -0.25) is 19.3 Å². The summed E-state index contributed by atoms with van der Waals surface area (Å²) in [6, 6.07) is 4.14. The zero-order valence-corrected chi connectivity index (χ0v) is 23.6. The number of rotatable bonds is 18. The van der Waals surface area contributed by atoms with E-state index in [9.17, 15) is 19.2 Å². The van der Waals surface area contributed by atoms with E-state index < -0.39 is 17.9 Å². The van der Waals surface area contributed by atoms with Gasteiger partial charge in [0.2, 0.25) is 5.91 Å². The Balaban J connectivity index is 0.00000220. The number of carbonyl (C=O) groups excluding carboxylic acids is 4. The van der Waals surface area contributed by atoms with Gasteiger partial charge in [0, 0.05) is 26.6 Å². The third-order valence-electron chi connectivity index (χ3n) is 5.38. The Morgan fingerprint density at radius 2 is 1.59 bits per heavy atom. The maximum Gasteiger partial charge on any atom is 0.262 e. The second kappa shape index (κ2) is 22.8. The highest BCUT2D eigenvalue weighted by Gasteiger charge is 2.41. The molecule has 0 saturated heterocycles. The quantitative estimate of drug-likeness (QED) is 0.124. The standard InChI is InChI=1S/C23H33N3O7.C4H6.C2H6/c1-25-20(28)8-7-18(16-27)26-22(29)19-6-2-4-17(21(19)23(26)30)5-3-10-31-12-14-33-15-13-32-11-9-24;1-3-4-2;1-2/h2,4,6,16,18H,3,5,7-15,24H2,1H3,(H,25,28);3-4H,1-2H2;1-2H3. The van der Waals surface area contributed by atoms with Crippen molar-refractivity contribution in [1.82, 2.24) is 10.2 Å². The molecule has 0 aliphatic carbocycles. The van der Waals surface area contributed by atoms with Gasteiger partial charge in [-0.15, -0.1) is 0 Å². The van der Waals surface area contributed by atoms with Crippen LogP contribution in [-0.2, 0) is 30.2 Å². The molecule has 0 fully saturated rings. The fourth-order valence-corrected chi connectivity index (χ4v) is 3.53. The number of amides is 3. The summed E-state index contributed by atoms with van der Waals surface area (Å²) < 4.78 is 16.2. The first-order valence-electron chi connectivity index (χ1n) is 13.3. The molecule has 218 valence electrons. The van der Waals surface area contributed by atoms with Crippen molar-refractivity contribution >= 4 is 24.0 Å². The minimum atomic E-state index is -0.980. The smallest absolute Gasteiger partial charge is 0.262 e. The molecule has 0 aromatic heterocycles. The molecule has 1 heterocycles. The number of nitrogens with two attached hydrogens (primary N) is 1. The third-order valence-corrected chi connectivity index (χ3v) is 5.38. The van der Waals surface area contributed by atoms with Crippen LogP contribution in [0.5, 0.6) is 0 Å². The van der Waals surface area contributed by atoms with Gasteiger partial charge in [0.05, 0.1) is 50.2 Å². The number of nitrogens with one attached hydrogen (secondary N) is 1. The van der Waals surface area contributed by atoms with Gasteiger partial charge in [-0.25, -0.2) is 0 Å². The number of benzene rings is 1. The minimum absolute atomic E-state index is 0.0436. The summed E-state index contributed by atoms with van der Waals surface area (Å²) in [6.45, 7) is 14.1. The maximum absolute atomic E-state index is 13.0. The van der Waals surface area contributed by atoms with E-state index in [-0.39, 0.29) is 24.3 Å². The summed E-state index contributed by atoms with van der Waals surface area (Å²) in [5, 5.41) is 2.47. The van der Waals surface area contributed by atoms with Crippen molar-refractivity contribution in [3.8, 4) is 0 Å². The number of ether oxygens (including phenoxy) is 3. The van der Waals surface area contributed by atoms with Crippen LogP contribution in [0.1, 0.15) is 59.4 Å². The van der Waals surface area contributed by atoms with Crippen LogP contribution >= 0.6 is 0 Å². The highest BCUT2D eigenvalue weighted by molar-refractivity contribution is 6.23. The summed E-state index contributed by atoms with van der Waals surface area (Å²) in [7, 11) is 1.49. The van der Waals surface area contributed by atoms with Gasteiger partial charge >= 0.3 is 0 Å². The third kappa shape index (κ3) is 12.9. The Labute approximate surface area is 232 Å².